The molecule has 0 saturated carbocycles. The summed E-state index contributed by atoms with van der Waals surface area (Å²) in [6.45, 7) is 11.5. The second kappa shape index (κ2) is 3.63. The van der Waals surface area contributed by atoms with Gasteiger partial charge in [-0.15, -0.1) is 0 Å². The van der Waals surface area contributed by atoms with Gasteiger partial charge in [0.1, 0.15) is 0 Å². The number of hydrogen-bond acceptors (Lipinski definition) is 2. The van der Waals surface area contributed by atoms with E-state index in [4.69, 9.17) is 0 Å². The van der Waals surface area contributed by atoms with Crippen molar-refractivity contribution in [2.75, 3.05) is 0 Å². The Balaban J connectivity index is 3.22. The van der Waals surface area contributed by atoms with Gasteiger partial charge in [-0.25, -0.2) is 0 Å². The molecule has 0 amide bonds. The first-order valence-corrected chi connectivity index (χ1v) is 8.72. The van der Waals surface area contributed by atoms with Gasteiger partial charge in [-0.3, -0.25) is 4.79 Å². The van der Waals surface area contributed by atoms with Crippen LogP contribution in [0.15, 0.2) is 11.4 Å². The molecule has 1 aromatic heterocycles. The lowest BCUT2D eigenvalue weighted by Crippen LogP contribution is -2.49. The molecule has 1 heterocycles. The van der Waals surface area contributed by atoms with Gasteiger partial charge in [-0.1, -0.05) is 33.9 Å². The largest absolute Gasteiger partial charge is 0.298 e. The van der Waals surface area contributed by atoms with Crippen LogP contribution in [-0.4, -0.2) is 14.4 Å². The van der Waals surface area contributed by atoms with E-state index in [0.29, 0.717) is 5.04 Å². The van der Waals surface area contributed by atoms with Gasteiger partial charge in [0, 0.05) is 10.1 Å². The molecule has 78 valence electrons. The molecule has 0 spiro atoms. The summed E-state index contributed by atoms with van der Waals surface area (Å²) >= 11 is 1.74. The Morgan fingerprint density at radius 1 is 1.36 bits per heavy atom. The van der Waals surface area contributed by atoms with Crippen molar-refractivity contribution in [2.24, 2.45) is 0 Å². The first kappa shape index (κ1) is 11.7. The second-order valence-electron chi connectivity index (χ2n) is 5.20. The van der Waals surface area contributed by atoms with Gasteiger partial charge < -0.3 is 0 Å². The van der Waals surface area contributed by atoms with Crippen LogP contribution in [0.2, 0.25) is 18.1 Å². The van der Waals surface area contributed by atoms with Crippen LogP contribution < -0.4 is 4.50 Å². The van der Waals surface area contributed by atoms with Gasteiger partial charge >= 0.3 is 0 Å². The Hall–Kier alpha value is -0.413. The molecule has 0 aromatic carbocycles. The summed E-state index contributed by atoms with van der Waals surface area (Å²) < 4.78 is 1.33. The third kappa shape index (κ3) is 1.84. The van der Waals surface area contributed by atoms with Gasteiger partial charge in [-0.05, 0) is 16.5 Å². The minimum absolute atomic E-state index is 0.301. The van der Waals surface area contributed by atoms with Gasteiger partial charge in [0.05, 0.1) is 8.07 Å². The summed E-state index contributed by atoms with van der Waals surface area (Å²) in [5.41, 5.74) is 0.904. The summed E-state index contributed by atoms with van der Waals surface area (Å²) in [5.74, 6) is 0. The fourth-order valence-corrected chi connectivity index (χ4v) is 5.71. The number of rotatable bonds is 2. The lowest BCUT2D eigenvalue weighted by atomic mass is 10.2. The monoisotopic (exact) mass is 226 g/mol. The van der Waals surface area contributed by atoms with Crippen molar-refractivity contribution in [1.82, 2.24) is 0 Å². The quantitative estimate of drug-likeness (QED) is 0.559. The molecule has 0 radical (unpaired) electrons. The van der Waals surface area contributed by atoms with E-state index in [-0.39, 0.29) is 0 Å². The lowest BCUT2D eigenvalue weighted by molar-refractivity contribution is 0.112. The number of thiophene rings is 1. The van der Waals surface area contributed by atoms with Crippen LogP contribution in [0.1, 0.15) is 31.1 Å². The molecule has 0 atom stereocenters. The maximum absolute atomic E-state index is 10.9. The van der Waals surface area contributed by atoms with Gasteiger partial charge in [0.2, 0.25) is 0 Å². The molecule has 1 rings (SSSR count). The van der Waals surface area contributed by atoms with Crippen LogP contribution in [0.4, 0.5) is 0 Å². The predicted molar refractivity (Wildman–Crippen MR) is 66.5 cm³/mol. The maximum atomic E-state index is 10.9. The van der Waals surface area contributed by atoms with Crippen molar-refractivity contribution in [3.05, 3.63) is 17.0 Å². The highest BCUT2D eigenvalue weighted by molar-refractivity contribution is 7.26. The minimum atomic E-state index is -1.51. The Bertz CT molecular complexity index is 333. The van der Waals surface area contributed by atoms with E-state index in [1.807, 2.05) is 11.4 Å². The average molecular weight is 226 g/mol. The Labute approximate surface area is 91.2 Å². The third-order valence-electron chi connectivity index (χ3n) is 3.27. The summed E-state index contributed by atoms with van der Waals surface area (Å²) in [5, 5.41) is 2.33. The van der Waals surface area contributed by atoms with Crippen LogP contribution in [0.5, 0.6) is 0 Å². The minimum Gasteiger partial charge on any atom is -0.298 e. The van der Waals surface area contributed by atoms with E-state index in [1.165, 1.54) is 4.50 Å². The number of carbonyl (C=O) groups excluding carboxylic acids is 1. The standard InChI is InChI=1S/C11H18OSSi/c1-11(2,3)14(4,5)10-9(8-12)6-7-13-10/h6-8H,1-5H3. The second-order valence-corrected chi connectivity index (χ2v) is 11.7. The van der Waals surface area contributed by atoms with Crippen molar-refractivity contribution in [3.8, 4) is 0 Å². The van der Waals surface area contributed by atoms with Crippen LogP contribution in [0.3, 0.4) is 0 Å². The SMILES string of the molecule is CC(C)(C)[Si](C)(C)c1sccc1C=O. The molecule has 1 aromatic rings. The number of hydrogen-bond donors (Lipinski definition) is 0. The topological polar surface area (TPSA) is 17.1 Å². The smallest absolute Gasteiger partial charge is 0.150 e. The van der Waals surface area contributed by atoms with E-state index < -0.39 is 8.07 Å². The molecule has 0 fully saturated rings. The highest BCUT2D eigenvalue weighted by Crippen LogP contribution is 2.36. The van der Waals surface area contributed by atoms with Crippen molar-refractivity contribution in [2.45, 2.75) is 38.9 Å². The van der Waals surface area contributed by atoms with Gasteiger partial charge in [-0.2, -0.15) is 11.3 Å². The molecule has 3 heteroatoms. The molecule has 0 aliphatic heterocycles. The fraction of sp³-hybridized carbons (Fsp3) is 0.545. The lowest BCUT2D eigenvalue weighted by Gasteiger charge is -2.36. The molecule has 0 unspecified atom stereocenters. The molecule has 0 aliphatic carbocycles. The van der Waals surface area contributed by atoms with Crippen molar-refractivity contribution in [1.29, 1.82) is 0 Å². The molecule has 0 bridgehead atoms. The van der Waals surface area contributed by atoms with Crippen LogP contribution >= 0.6 is 11.3 Å². The van der Waals surface area contributed by atoms with E-state index in [1.54, 1.807) is 11.3 Å². The van der Waals surface area contributed by atoms with Gasteiger partial charge in [0.25, 0.3) is 0 Å². The van der Waals surface area contributed by atoms with Crippen molar-refractivity contribution in [3.63, 3.8) is 0 Å². The normalized spacial score (nSPS) is 12.9. The highest BCUT2D eigenvalue weighted by Gasteiger charge is 2.39. The number of carbonyl (C=O) groups is 1. The van der Waals surface area contributed by atoms with E-state index in [0.717, 1.165) is 11.8 Å². The molecule has 0 saturated heterocycles. The Kier molecular flexibility index (Phi) is 3.02. The third-order valence-corrected chi connectivity index (χ3v) is 11.1. The average Bonchev–Trinajstić information content (AvgIpc) is 2.49. The first-order chi connectivity index (χ1) is 6.30. The molecule has 14 heavy (non-hydrogen) atoms. The Morgan fingerprint density at radius 2 is 1.93 bits per heavy atom. The molecular formula is C11H18OSSi. The van der Waals surface area contributed by atoms with Crippen molar-refractivity contribution < 1.29 is 4.79 Å². The van der Waals surface area contributed by atoms with Crippen LogP contribution in [0.25, 0.3) is 0 Å². The summed E-state index contributed by atoms with van der Waals surface area (Å²) in [6.07, 6.45) is 0.992. The summed E-state index contributed by atoms with van der Waals surface area (Å²) in [4.78, 5) is 10.9. The zero-order chi connectivity index (χ0) is 11.0. The Morgan fingerprint density at radius 3 is 2.36 bits per heavy atom. The van der Waals surface area contributed by atoms with Crippen LogP contribution in [0, 0.1) is 0 Å². The molecular weight excluding hydrogens is 208 g/mol. The molecule has 0 N–H and O–H groups in total. The molecule has 0 aliphatic rings. The first-order valence-electron chi connectivity index (χ1n) is 4.84. The predicted octanol–water partition coefficient (Wildman–Crippen LogP) is 3.28. The van der Waals surface area contributed by atoms with E-state index >= 15 is 0 Å². The number of aldehydes is 1. The van der Waals surface area contributed by atoms with Gasteiger partial charge in [0.15, 0.2) is 6.29 Å². The zero-order valence-corrected chi connectivity index (χ0v) is 11.4. The summed E-state index contributed by atoms with van der Waals surface area (Å²) in [6, 6.07) is 1.94. The summed E-state index contributed by atoms with van der Waals surface area (Å²) in [7, 11) is -1.51. The fourth-order valence-electron chi connectivity index (χ4n) is 1.26. The van der Waals surface area contributed by atoms with E-state index in [2.05, 4.69) is 33.9 Å². The van der Waals surface area contributed by atoms with Crippen LogP contribution in [-0.2, 0) is 0 Å². The maximum Gasteiger partial charge on any atom is 0.150 e. The van der Waals surface area contributed by atoms with E-state index in [9.17, 15) is 4.79 Å². The highest BCUT2D eigenvalue weighted by atomic mass is 32.1. The zero-order valence-electron chi connectivity index (χ0n) is 9.55. The molecule has 1 nitrogen and oxygen atoms in total. The van der Waals surface area contributed by atoms with Crippen molar-refractivity contribution >= 4 is 30.2 Å².